The SMILES string of the molecule is CCN(CC)S(=O)(=O)c1cc(C(=O)OCC(=O)c2ccc(OC(F)F)cc2OC(F)F)ccc1F. The summed E-state index contributed by atoms with van der Waals surface area (Å²) in [6.45, 7) is -4.50. The minimum absolute atomic E-state index is 0.0472. The van der Waals surface area contributed by atoms with Crippen LogP contribution in [0.1, 0.15) is 34.6 Å². The van der Waals surface area contributed by atoms with E-state index < -0.39 is 74.9 Å². The minimum atomic E-state index is -4.26. The maximum absolute atomic E-state index is 14.2. The number of nitrogens with zero attached hydrogens (tertiary/aromatic N) is 1. The number of Topliss-reactive ketones (excluding diaryl/α,β-unsaturated/α-hetero) is 1. The number of ether oxygens (including phenoxy) is 3. The van der Waals surface area contributed by atoms with Crippen LogP contribution in [-0.2, 0) is 14.8 Å². The van der Waals surface area contributed by atoms with Gasteiger partial charge in [-0.15, -0.1) is 0 Å². The number of ketones is 1. The van der Waals surface area contributed by atoms with E-state index >= 15 is 0 Å². The summed E-state index contributed by atoms with van der Waals surface area (Å²) in [5.74, 6) is -4.71. The van der Waals surface area contributed by atoms with Crippen molar-refractivity contribution < 1.29 is 54.2 Å². The van der Waals surface area contributed by atoms with Crippen molar-refractivity contribution in [3.8, 4) is 11.5 Å². The fraction of sp³-hybridized carbons (Fsp3) is 0.333. The van der Waals surface area contributed by atoms with Crippen LogP contribution in [0.15, 0.2) is 41.3 Å². The van der Waals surface area contributed by atoms with Gasteiger partial charge >= 0.3 is 19.2 Å². The van der Waals surface area contributed by atoms with Crippen LogP contribution in [0.25, 0.3) is 0 Å². The van der Waals surface area contributed by atoms with Gasteiger partial charge in [0.1, 0.15) is 22.2 Å². The van der Waals surface area contributed by atoms with Gasteiger partial charge in [-0.05, 0) is 30.3 Å². The Balaban J connectivity index is 2.23. The van der Waals surface area contributed by atoms with E-state index in [4.69, 9.17) is 4.74 Å². The minimum Gasteiger partial charge on any atom is -0.454 e. The van der Waals surface area contributed by atoms with Crippen LogP contribution in [0.3, 0.4) is 0 Å². The number of hydrogen-bond donors (Lipinski definition) is 0. The summed E-state index contributed by atoms with van der Waals surface area (Å²) in [7, 11) is -4.26. The normalized spacial score (nSPS) is 11.7. The van der Waals surface area contributed by atoms with Crippen molar-refractivity contribution in [2.75, 3.05) is 19.7 Å². The Labute approximate surface area is 197 Å². The summed E-state index contributed by atoms with van der Waals surface area (Å²) < 4.78 is 104. The monoisotopic (exact) mass is 525 g/mol. The molecule has 2 rings (SSSR count). The molecule has 0 bridgehead atoms. The van der Waals surface area contributed by atoms with Gasteiger partial charge in [0.15, 0.2) is 6.61 Å². The Morgan fingerprint density at radius 1 is 0.943 bits per heavy atom. The van der Waals surface area contributed by atoms with Crippen molar-refractivity contribution in [2.45, 2.75) is 32.0 Å². The van der Waals surface area contributed by atoms with Gasteiger partial charge in [-0.3, -0.25) is 4.79 Å². The van der Waals surface area contributed by atoms with Crippen LogP contribution in [0.5, 0.6) is 11.5 Å². The highest BCUT2D eigenvalue weighted by Gasteiger charge is 2.27. The molecule has 0 unspecified atom stereocenters. The van der Waals surface area contributed by atoms with E-state index in [2.05, 4.69) is 9.47 Å². The molecule has 0 saturated carbocycles. The molecule has 0 aliphatic heterocycles. The van der Waals surface area contributed by atoms with Crippen LogP contribution in [-0.4, -0.2) is 57.4 Å². The molecule has 0 atom stereocenters. The number of sulfonamides is 1. The molecule has 192 valence electrons. The molecule has 14 heteroatoms. The largest absolute Gasteiger partial charge is 0.454 e. The number of hydrogen-bond acceptors (Lipinski definition) is 7. The lowest BCUT2D eigenvalue weighted by Gasteiger charge is -2.19. The molecular weight excluding hydrogens is 505 g/mol. The van der Waals surface area contributed by atoms with Gasteiger partial charge in [-0.25, -0.2) is 17.6 Å². The van der Waals surface area contributed by atoms with Gasteiger partial charge in [0.05, 0.1) is 11.1 Å². The van der Waals surface area contributed by atoms with E-state index in [0.29, 0.717) is 6.07 Å². The zero-order chi connectivity index (χ0) is 26.3. The van der Waals surface area contributed by atoms with E-state index in [1.165, 1.54) is 0 Å². The van der Waals surface area contributed by atoms with Crippen molar-refractivity contribution in [2.24, 2.45) is 0 Å². The summed E-state index contributed by atoms with van der Waals surface area (Å²) in [5, 5.41) is 0. The second-order valence-electron chi connectivity index (χ2n) is 6.65. The number of carbonyl (C=O) groups excluding carboxylic acids is 2. The Kier molecular flexibility index (Phi) is 9.54. The third-order valence-corrected chi connectivity index (χ3v) is 6.58. The van der Waals surface area contributed by atoms with Crippen LogP contribution in [0.2, 0.25) is 0 Å². The summed E-state index contributed by atoms with van der Waals surface area (Å²) in [4.78, 5) is 24.0. The molecule has 0 aliphatic carbocycles. The maximum Gasteiger partial charge on any atom is 0.387 e. The first-order valence-corrected chi connectivity index (χ1v) is 11.4. The summed E-state index contributed by atoms with van der Waals surface area (Å²) >= 11 is 0. The lowest BCUT2D eigenvalue weighted by atomic mass is 10.1. The first-order valence-electron chi connectivity index (χ1n) is 9.94. The number of halogens is 5. The lowest BCUT2D eigenvalue weighted by Crippen LogP contribution is -2.31. The molecule has 0 N–H and O–H groups in total. The summed E-state index contributed by atoms with van der Waals surface area (Å²) in [5.41, 5.74) is -0.918. The standard InChI is InChI=1S/C21H20F5NO7S/c1-3-27(4-2)35(30,31)18-9-12(5-8-15(18)22)19(29)32-11-16(28)14-7-6-13(33-20(23)24)10-17(14)34-21(25)26/h5-10,20-21H,3-4,11H2,1-2H3. The second-order valence-corrected chi connectivity index (χ2v) is 8.56. The van der Waals surface area contributed by atoms with Gasteiger partial charge < -0.3 is 14.2 Å². The lowest BCUT2D eigenvalue weighted by molar-refractivity contribution is -0.0545. The highest BCUT2D eigenvalue weighted by Crippen LogP contribution is 2.28. The summed E-state index contributed by atoms with van der Waals surface area (Å²) in [6, 6.07) is 4.81. The predicted octanol–water partition coefficient (Wildman–Crippen LogP) is 4.10. The number of alkyl halides is 4. The highest BCUT2D eigenvalue weighted by atomic mass is 32.2. The fourth-order valence-corrected chi connectivity index (χ4v) is 4.47. The Hall–Kier alpha value is -3.26. The number of esters is 1. The van der Waals surface area contributed by atoms with E-state index in [1.807, 2.05) is 0 Å². The number of carbonyl (C=O) groups is 2. The summed E-state index contributed by atoms with van der Waals surface area (Å²) in [6.07, 6.45) is 0. The van der Waals surface area contributed by atoms with E-state index in [-0.39, 0.29) is 13.1 Å². The quantitative estimate of drug-likeness (QED) is 0.234. The molecule has 0 radical (unpaired) electrons. The molecule has 0 aliphatic rings. The van der Waals surface area contributed by atoms with Gasteiger partial charge in [-0.2, -0.15) is 21.9 Å². The van der Waals surface area contributed by atoms with Crippen molar-refractivity contribution >= 4 is 21.8 Å². The second kappa shape index (κ2) is 11.9. The van der Waals surface area contributed by atoms with E-state index in [9.17, 15) is 40.0 Å². The van der Waals surface area contributed by atoms with Crippen LogP contribution >= 0.6 is 0 Å². The van der Waals surface area contributed by atoms with Crippen LogP contribution in [0.4, 0.5) is 22.0 Å². The molecule has 0 heterocycles. The van der Waals surface area contributed by atoms with Gasteiger partial charge in [0, 0.05) is 19.2 Å². The van der Waals surface area contributed by atoms with Crippen LogP contribution < -0.4 is 9.47 Å². The molecule has 35 heavy (non-hydrogen) atoms. The Morgan fingerprint density at radius 3 is 2.14 bits per heavy atom. The molecule has 8 nitrogen and oxygen atoms in total. The number of rotatable bonds is 12. The van der Waals surface area contributed by atoms with E-state index in [0.717, 1.165) is 34.6 Å². The predicted molar refractivity (Wildman–Crippen MR) is 111 cm³/mol. The molecular formula is C21H20F5NO7S. The first kappa shape index (κ1) is 28.0. The average molecular weight is 525 g/mol. The van der Waals surface area contributed by atoms with Crippen molar-refractivity contribution in [3.63, 3.8) is 0 Å². The molecule has 2 aromatic carbocycles. The molecule has 0 spiro atoms. The van der Waals surface area contributed by atoms with Crippen molar-refractivity contribution in [1.82, 2.24) is 4.31 Å². The molecule has 0 amide bonds. The molecule has 0 saturated heterocycles. The van der Waals surface area contributed by atoms with Gasteiger partial charge in [-0.1, -0.05) is 13.8 Å². The zero-order valence-corrected chi connectivity index (χ0v) is 19.2. The van der Waals surface area contributed by atoms with Crippen LogP contribution in [0, 0.1) is 5.82 Å². The highest BCUT2D eigenvalue weighted by molar-refractivity contribution is 7.89. The Morgan fingerprint density at radius 2 is 1.57 bits per heavy atom. The zero-order valence-electron chi connectivity index (χ0n) is 18.3. The van der Waals surface area contributed by atoms with Gasteiger partial charge in [0.2, 0.25) is 15.8 Å². The van der Waals surface area contributed by atoms with Crippen molar-refractivity contribution in [1.29, 1.82) is 0 Å². The third-order valence-electron chi connectivity index (χ3n) is 4.52. The maximum atomic E-state index is 14.2. The average Bonchev–Trinajstić information content (AvgIpc) is 2.77. The molecule has 0 fully saturated rings. The molecule has 0 aromatic heterocycles. The smallest absolute Gasteiger partial charge is 0.387 e. The number of benzene rings is 2. The topological polar surface area (TPSA) is 99.2 Å². The van der Waals surface area contributed by atoms with E-state index in [1.54, 1.807) is 13.8 Å². The Bertz CT molecular complexity index is 1170. The fourth-order valence-electron chi connectivity index (χ4n) is 2.93. The third kappa shape index (κ3) is 7.11. The molecule has 2 aromatic rings. The van der Waals surface area contributed by atoms with Gasteiger partial charge in [0.25, 0.3) is 0 Å². The van der Waals surface area contributed by atoms with Crippen molar-refractivity contribution in [3.05, 3.63) is 53.3 Å². The first-order chi connectivity index (χ1) is 16.4.